The predicted molar refractivity (Wildman–Crippen MR) is 88.9 cm³/mol. The van der Waals surface area contributed by atoms with Crippen molar-refractivity contribution in [2.24, 2.45) is 13.0 Å². The fourth-order valence-electron chi connectivity index (χ4n) is 3.71. The van der Waals surface area contributed by atoms with Crippen LogP contribution in [-0.4, -0.2) is 69.5 Å². The van der Waals surface area contributed by atoms with Gasteiger partial charge in [-0.15, -0.1) is 0 Å². The fraction of sp³-hybridized carbons (Fsp3) is 0.588. The van der Waals surface area contributed by atoms with E-state index < -0.39 is 0 Å². The molecule has 0 unspecified atom stereocenters. The molecule has 0 saturated carbocycles. The van der Waals surface area contributed by atoms with Crippen molar-refractivity contribution in [3.8, 4) is 0 Å². The normalized spacial score (nSPS) is 24.3. The summed E-state index contributed by atoms with van der Waals surface area (Å²) >= 11 is 0. The largest absolute Gasteiger partial charge is 0.375 e. The standard InChI is InChI=1S/C17H23N5O3/c1-12-5-15(19-25-12)17(23)22-10-14-9-21(3-4-24-16(14)11-22)8-13-6-18-20(2)7-13/h5-7,14,16H,3-4,8-11H2,1-2H3/t14-,16+/m1/s1. The molecule has 0 spiro atoms. The number of amides is 1. The van der Waals surface area contributed by atoms with Gasteiger partial charge in [-0.05, 0) is 6.92 Å². The minimum absolute atomic E-state index is 0.0765. The van der Waals surface area contributed by atoms with Crippen molar-refractivity contribution in [2.75, 3.05) is 32.8 Å². The van der Waals surface area contributed by atoms with E-state index in [1.165, 1.54) is 5.56 Å². The number of carbonyl (C=O) groups excluding carboxylic acids is 1. The molecule has 0 radical (unpaired) electrons. The lowest BCUT2D eigenvalue weighted by molar-refractivity contribution is 0.0481. The summed E-state index contributed by atoms with van der Waals surface area (Å²) in [5, 5.41) is 8.08. The molecule has 25 heavy (non-hydrogen) atoms. The highest BCUT2D eigenvalue weighted by Gasteiger charge is 2.39. The predicted octanol–water partition coefficient (Wildman–Crippen LogP) is 0.690. The molecule has 0 bridgehead atoms. The third-order valence-electron chi connectivity index (χ3n) is 4.91. The first kappa shape index (κ1) is 16.3. The molecule has 0 aromatic carbocycles. The lowest BCUT2D eigenvalue weighted by atomic mass is 10.1. The van der Waals surface area contributed by atoms with E-state index >= 15 is 0 Å². The second-order valence-corrected chi connectivity index (χ2v) is 6.96. The zero-order chi connectivity index (χ0) is 17.4. The highest BCUT2D eigenvalue weighted by Crippen LogP contribution is 2.25. The molecular weight excluding hydrogens is 322 g/mol. The second kappa shape index (κ2) is 6.61. The maximum absolute atomic E-state index is 12.6. The van der Waals surface area contributed by atoms with Crippen LogP contribution in [0.15, 0.2) is 23.0 Å². The molecule has 2 aromatic rings. The van der Waals surface area contributed by atoms with Crippen LogP contribution in [0.4, 0.5) is 0 Å². The third kappa shape index (κ3) is 3.45. The molecule has 2 aromatic heterocycles. The minimum Gasteiger partial charge on any atom is -0.375 e. The van der Waals surface area contributed by atoms with Crippen LogP contribution in [0, 0.1) is 12.8 Å². The SMILES string of the molecule is Cc1cc(C(=O)N2C[C@H]3CN(Cc4cnn(C)c4)CCO[C@H]3C2)no1. The van der Waals surface area contributed by atoms with Gasteiger partial charge in [0.15, 0.2) is 5.69 Å². The number of likely N-dealkylation sites (tertiary alicyclic amines) is 1. The Morgan fingerprint density at radius 3 is 2.96 bits per heavy atom. The first-order valence-electron chi connectivity index (χ1n) is 8.62. The van der Waals surface area contributed by atoms with Gasteiger partial charge in [-0.25, -0.2) is 0 Å². The molecule has 134 valence electrons. The van der Waals surface area contributed by atoms with Gasteiger partial charge < -0.3 is 14.2 Å². The van der Waals surface area contributed by atoms with Crippen molar-refractivity contribution in [1.29, 1.82) is 0 Å². The first-order chi connectivity index (χ1) is 12.1. The van der Waals surface area contributed by atoms with Crippen molar-refractivity contribution < 1.29 is 14.1 Å². The first-order valence-corrected chi connectivity index (χ1v) is 8.62. The summed E-state index contributed by atoms with van der Waals surface area (Å²) in [7, 11) is 1.93. The average Bonchev–Trinajstić information content (AvgIpc) is 3.26. The molecule has 0 aliphatic carbocycles. The Balaban J connectivity index is 1.41. The van der Waals surface area contributed by atoms with Crippen molar-refractivity contribution >= 4 is 5.91 Å². The van der Waals surface area contributed by atoms with Crippen molar-refractivity contribution in [2.45, 2.75) is 19.6 Å². The van der Waals surface area contributed by atoms with Gasteiger partial charge in [0.25, 0.3) is 5.91 Å². The summed E-state index contributed by atoms with van der Waals surface area (Å²) in [6.45, 7) is 6.47. The summed E-state index contributed by atoms with van der Waals surface area (Å²) in [5.74, 6) is 0.888. The smallest absolute Gasteiger partial charge is 0.276 e. The van der Waals surface area contributed by atoms with E-state index in [1.807, 2.05) is 29.0 Å². The molecular formula is C17H23N5O3. The van der Waals surface area contributed by atoms with Crippen LogP contribution in [-0.2, 0) is 18.3 Å². The Bertz CT molecular complexity index is 755. The molecule has 4 rings (SSSR count). The van der Waals surface area contributed by atoms with E-state index in [4.69, 9.17) is 9.26 Å². The minimum atomic E-state index is -0.0765. The van der Waals surface area contributed by atoms with Gasteiger partial charge in [-0.1, -0.05) is 5.16 Å². The van der Waals surface area contributed by atoms with Crippen molar-refractivity contribution in [3.05, 3.63) is 35.5 Å². The van der Waals surface area contributed by atoms with Gasteiger partial charge in [0, 0.05) is 63.5 Å². The molecule has 8 nitrogen and oxygen atoms in total. The topological polar surface area (TPSA) is 76.6 Å². The monoisotopic (exact) mass is 345 g/mol. The van der Waals surface area contributed by atoms with Gasteiger partial charge in [0.1, 0.15) is 5.76 Å². The van der Waals surface area contributed by atoms with Gasteiger partial charge in [0.2, 0.25) is 0 Å². The number of carbonyl (C=O) groups is 1. The summed E-state index contributed by atoms with van der Waals surface area (Å²) in [5.41, 5.74) is 1.58. The van der Waals surface area contributed by atoms with Crippen LogP contribution < -0.4 is 0 Å². The van der Waals surface area contributed by atoms with Crippen LogP contribution in [0.3, 0.4) is 0 Å². The Morgan fingerprint density at radius 2 is 2.24 bits per heavy atom. The lowest BCUT2D eigenvalue weighted by Gasteiger charge is -2.22. The Morgan fingerprint density at radius 1 is 1.36 bits per heavy atom. The van der Waals surface area contributed by atoms with Crippen LogP contribution in [0.2, 0.25) is 0 Å². The highest BCUT2D eigenvalue weighted by molar-refractivity contribution is 5.92. The zero-order valence-corrected chi connectivity index (χ0v) is 14.6. The zero-order valence-electron chi connectivity index (χ0n) is 14.6. The molecule has 8 heteroatoms. The number of aryl methyl sites for hydroxylation is 2. The van der Waals surface area contributed by atoms with Crippen molar-refractivity contribution in [1.82, 2.24) is 24.7 Å². The molecule has 2 fully saturated rings. The van der Waals surface area contributed by atoms with Crippen LogP contribution in [0.1, 0.15) is 21.8 Å². The third-order valence-corrected chi connectivity index (χ3v) is 4.91. The van der Waals surface area contributed by atoms with Gasteiger partial charge >= 0.3 is 0 Å². The molecule has 1 amide bonds. The number of ether oxygens (including phenoxy) is 1. The highest BCUT2D eigenvalue weighted by atomic mass is 16.5. The van der Waals surface area contributed by atoms with Crippen LogP contribution in [0.25, 0.3) is 0 Å². The molecule has 2 aliphatic rings. The van der Waals surface area contributed by atoms with E-state index in [-0.39, 0.29) is 12.0 Å². The van der Waals surface area contributed by atoms with Crippen molar-refractivity contribution in [3.63, 3.8) is 0 Å². The Hall–Kier alpha value is -2.19. The number of fused-ring (bicyclic) bond motifs is 1. The van der Waals surface area contributed by atoms with E-state index in [0.717, 1.165) is 19.6 Å². The number of hydrogen-bond acceptors (Lipinski definition) is 6. The lowest BCUT2D eigenvalue weighted by Crippen LogP contribution is -2.33. The Kier molecular flexibility index (Phi) is 4.30. The van der Waals surface area contributed by atoms with Gasteiger partial charge in [-0.2, -0.15) is 5.10 Å². The summed E-state index contributed by atoms with van der Waals surface area (Å²) in [6.07, 6.45) is 4.04. The second-order valence-electron chi connectivity index (χ2n) is 6.96. The molecule has 2 saturated heterocycles. The molecule has 0 N–H and O–H groups in total. The van der Waals surface area contributed by atoms with E-state index in [2.05, 4.69) is 15.2 Å². The summed E-state index contributed by atoms with van der Waals surface area (Å²) < 4.78 is 12.9. The number of nitrogens with zero attached hydrogens (tertiary/aromatic N) is 5. The van der Waals surface area contributed by atoms with E-state index in [1.54, 1.807) is 13.0 Å². The molecule has 2 aliphatic heterocycles. The maximum atomic E-state index is 12.6. The summed E-state index contributed by atoms with van der Waals surface area (Å²) in [4.78, 5) is 16.8. The van der Waals surface area contributed by atoms with Gasteiger partial charge in [-0.3, -0.25) is 14.4 Å². The molecule has 2 atom stereocenters. The fourth-order valence-corrected chi connectivity index (χ4v) is 3.71. The maximum Gasteiger partial charge on any atom is 0.276 e. The van der Waals surface area contributed by atoms with E-state index in [0.29, 0.717) is 37.1 Å². The van der Waals surface area contributed by atoms with Gasteiger partial charge in [0.05, 0.1) is 18.9 Å². The number of rotatable bonds is 3. The Labute approximate surface area is 146 Å². The number of hydrogen-bond donors (Lipinski definition) is 0. The number of aromatic nitrogens is 3. The molecule has 4 heterocycles. The van der Waals surface area contributed by atoms with E-state index in [9.17, 15) is 4.79 Å². The van der Waals surface area contributed by atoms with Crippen LogP contribution >= 0.6 is 0 Å². The average molecular weight is 345 g/mol. The van der Waals surface area contributed by atoms with Crippen LogP contribution in [0.5, 0.6) is 0 Å². The quantitative estimate of drug-likeness (QED) is 0.815. The summed E-state index contributed by atoms with van der Waals surface area (Å²) in [6, 6.07) is 1.69.